The first-order valence-corrected chi connectivity index (χ1v) is 4.25. The summed E-state index contributed by atoms with van der Waals surface area (Å²) >= 11 is 0. The molecule has 0 unspecified atom stereocenters. The first-order chi connectivity index (χ1) is 5.69. The van der Waals surface area contributed by atoms with E-state index in [9.17, 15) is 0 Å². The molecule has 0 aliphatic rings. The molecule has 0 heterocycles. The van der Waals surface area contributed by atoms with E-state index in [2.05, 4.69) is 38.8 Å². The number of benzene rings is 1. The molecule has 0 bridgehead atoms. The highest BCUT2D eigenvalue weighted by Crippen LogP contribution is 2.15. The van der Waals surface area contributed by atoms with Crippen LogP contribution < -0.4 is 0 Å². The summed E-state index contributed by atoms with van der Waals surface area (Å²) in [6, 6.07) is 4.34. The van der Waals surface area contributed by atoms with Crippen LogP contribution in [0, 0.1) is 26.2 Å². The Bertz CT molecular complexity index is 303. The lowest BCUT2D eigenvalue weighted by atomic mass is 9.99. The van der Waals surface area contributed by atoms with Gasteiger partial charge in [0.2, 0.25) is 0 Å². The van der Waals surface area contributed by atoms with Crippen molar-refractivity contribution < 1.29 is 0 Å². The lowest BCUT2D eigenvalue weighted by Crippen LogP contribution is -1.91. The smallest absolute Gasteiger partial charge is 0.0301 e. The molecule has 0 aliphatic heterocycles. The number of hydrogen-bond donors (Lipinski definition) is 0. The predicted octanol–water partition coefficient (Wildman–Crippen LogP) is 2.85. The summed E-state index contributed by atoms with van der Waals surface area (Å²) < 4.78 is 0. The van der Waals surface area contributed by atoms with E-state index in [-0.39, 0.29) is 0 Å². The zero-order chi connectivity index (χ0) is 9.14. The Hall–Kier alpha value is -1.22. The molecular formula is C12H14. The molecule has 12 heavy (non-hydrogen) atoms. The molecule has 0 radical (unpaired) electrons. The fourth-order valence-corrected chi connectivity index (χ4v) is 1.48. The minimum absolute atomic E-state index is 1.05. The summed E-state index contributed by atoms with van der Waals surface area (Å²) in [4.78, 5) is 0. The lowest BCUT2D eigenvalue weighted by Gasteiger charge is -2.05. The van der Waals surface area contributed by atoms with Crippen molar-refractivity contribution in [2.75, 3.05) is 0 Å². The molecule has 0 amide bonds. The predicted molar refractivity (Wildman–Crippen MR) is 53.2 cm³/mol. The van der Waals surface area contributed by atoms with Crippen molar-refractivity contribution in [3.8, 4) is 12.3 Å². The van der Waals surface area contributed by atoms with Gasteiger partial charge in [-0.1, -0.05) is 25.0 Å². The van der Waals surface area contributed by atoms with Gasteiger partial charge in [-0.15, -0.1) is 6.42 Å². The average molecular weight is 158 g/mol. The number of aryl methyl sites for hydroxylation is 3. The highest BCUT2D eigenvalue weighted by atomic mass is 14.0. The topological polar surface area (TPSA) is 0 Å². The van der Waals surface area contributed by atoms with Crippen LogP contribution in [0.1, 0.15) is 29.2 Å². The van der Waals surface area contributed by atoms with Crippen LogP contribution in [0.3, 0.4) is 0 Å². The molecule has 0 saturated heterocycles. The third-order valence-corrected chi connectivity index (χ3v) is 2.15. The maximum Gasteiger partial charge on any atom is 0.0301 e. The molecule has 1 rings (SSSR count). The van der Waals surface area contributed by atoms with Crippen molar-refractivity contribution in [2.24, 2.45) is 0 Å². The van der Waals surface area contributed by atoms with Gasteiger partial charge in [0.1, 0.15) is 0 Å². The second-order valence-corrected chi connectivity index (χ2v) is 3.10. The Labute approximate surface area is 74.6 Å². The first kappa shape index (κ1) is 8.87. The standard InChI is InChI=1S/C12H14/c1-5-11-7-9(3)12(6-2)10(4)8-11/h2,7-8H,5H2,1,3-4H3. The van der Waals surface area contributed by atoms with E-state index in [1.165, 1.54) is 16.7 Å². The minimum Gasteiger partial charge on any atom is -0.115 e. The molecule has 0 heteroatoms. The maximum atomic E-state index is 5.39. The molecule has 0 atom stereocenters. The van der Waals surface area contributed by atoms with Gasteiger partial charge < -0.3 is 0 Å². The van der Waals surface area contributed by atoms with E-state index >= 15 is 0 Å². The molecule has 0 aliphatic carbocycles. The largest absolute Gasteiger partial charge is 0.115 e. The van der Waals surface area contributed by atoms with Crippen molar-refractivity contribution in [1.29, 1.82) is 0 Å². The van der Waals surface area contributed by atoms with Crippen molar-refractivity contribution in [2.45, 2.75) is 27.2 Å². The Morgan fingerprint density at radius 1 is 1.25 bits per heavy atom. The van der Waals surface area contributed by atoms with Gasteiger partial charge in [-0.2, -0.15) is 0 Å². The highest BCUT2D eigenvalue weighted by Gasteiger charge is 2.00. The zero-order valence-electron chi connectivity index (χ0n) is 7.94. The third-order valence-electron chi connectivity index (χ3n) is 2.15. The lowest BCUT2D eigenvalue weighted by molar-refractivity contribution is 1.12. The van der Waals surface area contributed by atoms with Crippen LogP contribution in [0.4, 0.5) is 0 Å². The molecule has 0 aromatic heterocycles. The highest BCUT2D eigenvalue weighted by molar-refractivity contribution is 5.47. The molecule has 0 fully saturated rings. The van der Waals surface area contributed by atoms with Gasteiger partial charge in [0.15, 0.2) is 0 Å². The molecule has 0 spiro atoms. The average Bonchev–Trinajstić information content (AvgIpc) is 2.03. The van der Waals surface area contributed by atoms with E-state index in [0.29, 0.717) is 0 Å². The van der Waals surface area contributed by atoms with Crippen LogP contribution >= 0.6 is 0 Å². The molecule has 0 nitrogen and oxygen atoms in total. The zero-order valence-corrected chi connectivity index (χ0v) is 7.94. The van der Waals surface area contributed by atoms with Crippen molar-refractivity contribution in [1.82, 2.24) is 0 Å². The monoisotopic (exact) mass is 158 g/mol. The SMILES string of the molecule is C#Cc1c(C)cc(CC)cc1C. The minimum atomic E-state index is 1.05. The van der Waals surface area contributed by atoms with Crippen molar-refractivity contribution >= 4 is 0 Å². The molecule has 1 aromatic carbocycles. The maximum absolute atomic E-state index is 5.39. The van der Waals surface area contributed by atoms with Crippen LogP contribution in [-0.4, -0.2) is 0 Å². The van der Waals surface area contributed by atoms with E-state index < -0.39 is 0 Å². The summed E-state index contributed by atoms with van der Waals surface area (Å²) in [5.41, 5.74) is 4.85. The summed E-state index contributed by atoms with van der Waals surface area (Å²) in [5.74, 6) is 2.71. The van der Waals surface area contributed by atoms with Gasteiger partial charge in [-0.3, -0.25) is 0 Å². The van der Waals surface area contributed by atoms with E-state index in [4.69, 9.17) is 6.42 Å². The Balaban J connectivity index is 3.30. The molecule has 0 saturated carbocycles. The summed E-state index contributed by atoms with van der Waals surface area (Å²) in [5, 5.41) is 0. The molecular weight excluding hydrogens is 144 g/mol. The number of terminal acetylenes is 1. The van der Waals surface area contributed by atoms with E-state index in [1.54, 1.807) is 0 Å². The van der Waals surface area contributed by atoms with Gasteiger partial charge in [0, 0.05) is 5.56 Å². The number of rotatable bonds is 1. The van der Waals surface area contributed by atoms with Crippen LogP contribution in [0.2, 0.25) is 0 Å². The van der Waals surface area contributed by atoms with Crippen LogP contribution in [-0.2, 0) is 6.42 Å². The van der Waals surface area contributed by atoms with Crippen molar-refractivity contribution in [3.63, 3.8) is 0 Å². The third kappa shape index (κ3) is 1.51. The Kier molecular flexibility index (Phi) is 2.55. The van der Waals surface area contributed by atoms with Gasteiger partial charge in [-0.05, 0) is 37.0 Å². The van der Waals surface area contributed by atoms with Gasteiger partial charge in [-0.25, -0.2) is 0 Å². The Morgan fingerprint density at radius 3 is 2.08 bits per heavy atom. The molecule has 62 valence electrons. The second kappa shape index (κ2) is 3.45. The van der Waals surface area contributed by atoms with Gasteiger partial charge >= 0.3 is 0 Å². The molecule has 1 aromatic rings. The fraction of sp³-hybridized carbons (Fsp3) is 0.333. The number of hydrogen-bond acceptors (Lipinski definition) is 0. The fourth-order valence-electron chi connectivity index (χ4n) is 1.48. The van der Waals surface area contributed by atoms with Crippen molar-refractivity contribution in [3.05, 3.63) is 34.4 Å². The van der Waals surface area contributed by atoms with Gasteiger partial charge in [0.05, 0.1) is 0 Å². The van der Waals surface area contributed by atoms with E-state index in [1.807, 2.05) is 0 Å². The van der Waals surface area contributed by atoms with Crippen LogP contribution in [0.25, 0.3) is 0 Å². The summed E-state index contributed by atoms with van der Waals surface area (Å²) in [6.07, 6.45) is 6.47. The summed E-state index contributed by atoms with van der Waals surface area (Å²) in [6.45, 7) is 6.30. The normalized spacial score (nSPS) is 9.50. The second-order valence-electron chi connectivity index (χ2n) is 3.10. The van der Waals surface area contributed by atoms with Crippen LogP contribution in [0.5, 0.6) is 0 Å². The molecule has 0 N–H and O–H groups in total. The Morgan fingerprint density at radius 2 is 1.75 bits per heavy atom. The quantitative estimate of drug-likeness (QED) is 0.551. The first-order valence-electron chi connectivity index (χ1n) is 4.25. The summed E-state index contributed by atoms with van der Waals surface area (Å²) in [7, 11) is 0. The van der Waals surface area contributed by atoms with E-state index in [0.717, 1.165) is 12.0 Å². The van der Waals surface area contributed by atoms with Crippen LogP contribution in [0.15, 0.2) is 12.1 Å². The van der Waals surface area contributed by atoms with Gasteiger partial charge in [0.25, 0.3) is 0 Å².